The Balaban J connectivity index is 1.90. The van der Waals surface area contributed by atoms with Crippen molar-refractivity contribution in [3.05, 3.63) is 0 Å². The molecule has 0 aliphatic carbocycles. The lowest BCUT2D eigenvalue weighted by atomic mass is 10.0. The Kier molecular flexibility index (Phi) is 9.45. The van der Waals surface area contributed by atoms with Crippen molar-refractivity contribution in [3.63, 3.8) is 0 Å². The predicted molar refractivity (Wildman–Crippen MR) is 78.9 cm³/mol. The molecule has 0 radical (unpaired) electrons. The summed E-state index contributed by atoms with van der Waals surface area (Å²) in [4.78, 5) is 0.739. The molecule has 1 fully saturated rings. The van der Waals surface area contributed by atoms with E-state index in [9.17, 15) is 0 Å². The molecule has 2 atom stereocenters. The van der Waals surface area contributed by atoms with Crippen molar-refractivity contribution in [2.45, 2.75) is 88.5 Å². The summed E-state index contributed by atoms with van der Waals surface area (Å²) in [6, 6.07) is 0. The normalized spacial score (nSPS) is 22.6. The zero-order valence-electron chi connectivity index (χ0n) is 11.4. The van der Waals surface area contributed by atoms with Crippen molar-refractivity contribution >= 4 is 15.9 Å². The number of halogens is 1. The fourth-order valence-corrected chi connectivity index (χ4v) is 3.19. The van der Waals surface area contributed by atoms with Crippen LogP contribution < -0.4 is 0 Å². The molecular weight excluding hydrogens is 276 g/mol. The monoisotopic (exact) mass is 304 g/mol. The lowest BCUT2D eigenvalue weighted by Crippen LogP contribution is -2.19. The maximum absolute atomic E-state index is 5.76. The van der Waals surface area contributed by atoms with Gasteiger partial charge in [-0.3, -0.25) is 0 Å². The van der Waals surface area contributed by atoms with Crippen LogP contribution in [0.1, 0.15) is 77.6 Å². The van der Waals surface area contributed by atoms with E-state index in [1.54, 1.807) is 0 Å². The number of unbranched alkanes of at least 4 members (excludes halogenated alkanes) is 3. The van der Waals surface area contributed by atoms with E-state index in [-0.39, 0.29) is 0 Å². The standard InChI is InChI=1S/C15H29BrO/c1-2-3-4-5-9-14(16)10-8-12-15-11-6-7-13-17-15/h14-15H,2-13H2,1H3. The van der Waals surface area contributed by atoms with E-state index >= 15 is 0 Å². The molecule has 1 aliphatic rings. The van der Waals surface area contributed by atoms with E-state index < -0.39 is 0 Å². The zero-order valence-corrected chi connectivity index (χ0v) is 13.0. The van der Waals surface area contributed by atoms with Crippen LogP contribution in [0.25, 0.3) is 0 Å². The molecule has 0 spiro atoms. The summed E-state index contributed by atoms with van der Waals surface area (Å²) in [5.41, 5.74) is 0. The van der Waals surface area contributed by atoms with Gasteiger partial charge in [-0.2, -0.15) is 0 Å². The smallest absolute Gasteiger partial charge is 0.0575 e. The fraction of sp³-hybridized carbons (Fsp3) is 1.00. The third kappa shape index (κ3) is 8.20. The van der Waals surface area contributed by atoms with E-state index in [4.69, 9.17) is 4.74 Å². The first kappa shape index (κ1) is 15.5. The van der Waals surface area contributed by atoms with Crippen LogP contribution in [-0.2, 0) is 4.74 Å². The summed E-state index contributed by atoms with van der Waals surface area (Å²) in [6.45, 7) is 3.27. The highest BCUT2D eigenvalue weighted by Gasteiger charge is 2.14. The Hall–Kier alpha value is 0.440. The molecule has 0 aromatic heterocycles. The SMILES string of the molecule is CCCCCCC(Br)CCCC1CCCCO1. The number of hydrogen-bond acceptors (Lipinski definition) is 1. The largest absolute Gasteiger partial charge is 0.378 e. The van der Waals surface area contributed by atoms with E-state index in [2.05, 4.69) is 22.9 Å². The summed E-state index contributed by atoms with van der Waals surface area (Å²) < 4.78 is 5.76. The highest BCUT2D eigenvalue weighted by molar-refractivity contribution is 9.09. The second kappa shape index (κ2) is 10.4. The number of hydrogen-bond donors (Lipinski definition) is 0. The van der Waals surface area contributed by atoms with Crippen LogP contribution in [0.15, 0.2) is 0 Å². The van der Waals surface area contributed by atoms with Gasteiger partial charge >= 0.3 is 0 Å². The predicted octanol–water partition coefficient (Wildman–Crippen LogP) is 5.46. The van der Waals surface area contributed by atoms with Crippen molar-refractivity contribution in [1.29, 1.82) is 0 Å². The van der Waals surface area contributed by atoms with Gasteiger partial charge in [0.1, 0.15) is 0 Å². The lowest BCUT2D eigenvalue weighted by Gasteiger charge is -2.22. The van der Waals surface area contributed by atoms with Gasteiger partial charge < -0.3 is 4.74 Å². The van der Waals surface area contributed by atoms with Gasteiger partial charge in [-0.25, -0.2) is 0 Å². The molecule has 0 aromatic carbocycles. The molecule has 1 heterocycles. The summed E-state index contributed by atoms with van der Waals surface area (Å²) >= 11 is 3.81. The van der Waals surface area contributed by atoms with E-state index in [1.165, 1.54) is 70.6 Å². The van der Waals surface area contributed by atoms with Gasteiger partial charge in [0, 0.05) is 11.4 Å². The highest BCUT2D eigenvalue weighted by Crippen LogP contribution is 2.22. The first-order valence-electron chi connectivity index (χ1n) is 7.58. The van der Waals surface area contributed by atoms with Crippen molar-refractivity contribution in [1.82, 2.24) is 0 Å². The van der Waals surface area contributed by atoms with Gasteiger partial charge in [-0.05, 0) is 44.9 Å². The lowest BCUT2D eigenvalue weighted by molar-refractivity contribution is 0.00985. The van der Waals surface area contributed by atoms with Crippen LogP contribution in [0, 0.1) is 0 Å². The summed E-state index contributed by atoms with van der Waals surface area (Å²) in [5.74, 6) is 0. The van der Waals surface area contributed by atoms with Crippen molar-refractivity contribution in [2.75, 3.05) is 6.61 Å². The molecule has 1 aliphatic heterocycles. The van der Waals surface area contributed by atoms with Gasteiger partial charge in [0.2, 0.25) is 0 Å². The molecule has 0 bridgehead atoms. The van der Waals surface area contributed by atoms with Crippen LogP contribution in [0.3, 0.4) is 0 Å². The minimum atomic E-state index is 0.573. The maximum atomic E-state index is 5.76. The number of ether oxygens (including phenoxy) is 1. The average Bonchev–Trinajstić information content (AvgIpc) is 2.36. The Labute approximate surface area is 116 Å². The van der Waals surface area contributed by atoms with Gasteiger partial charge in [0.25, 0.3) is 0 Å². The highest BCUT2D eigenvalue weighted by atomic mass is 79.9. The molecule has 0 saturated carbocycles. The Morgan fingerprint density at radius 1 is 1.12 bits per heavy atom. The molecule has 1 nitrogen and oxygen atoms in total. The van der Waals surface area contributed by atoms with Gasteiger partial charge in [-0.1, -0.05) is 48.5 Å². The van der Waals surface area contributed by atoms with Gasteiger partial charge in [0.05, 0.1) is 6.10 Å². The molecule has 1 rings (SSSR count). The molecule has 2 unspecified atom stereocenters. The molecule has 17 heavy (non-hydrogen) atoms. The minimum absolute atomic E-state index is 0.573. The third-order valence-corrected chi connectivity index (χ3v) is 4.60. The summed E-state index contributed by atoms with van der Waals surface area (Å²) in [6.07, 6.45) is 15.3. The number of alkyl halides is 1. The van der Waals surface area contributed by atoms with Crippen LogP contribution in [0.2, 0.25) is 0 Å². The van der Waals surface area contributed by atoms with Crippen molar-refractivity contribution in [2.24, 2.45) is 0 Å². The van der Waals surface area contributed by atoms with Gasteiger partial charge in [0.15, 0.2) is 0 Å². The fourth-order valence-electron chi connectivity index (χ4n) is 2.54. The number of rotatable bonds is 9. The second-order valence-corrected chi connectivity index (χ2v) is 6.66. The minimum Gasteiger partial charge on any atom is -0.378 e. The van der Waals surface area contributed by atoms with Crippen LogP contribution >= 0.6 is 15.9 Å². The van der Waals surface area contributed by atoms with E-state index in [0.717, 1.165) is 11.4 Å². The molecule has 0 aromatic rings. The second-order valence-electron chi connectivity index (χ2n) is 5.37. The van der Waals surface area contributed by atoms with Gasteiger partial charge in [-0.15, -0.1) is 0 Å². The van der Waals surface area contributed by atoms with E-state index in [1.807, 2.05) is 0 Å². The van der Waals surface area contributed by atoms with Crippen LogP contribution in [0.5, 0.6) is 0 Å². The third-order valence-electron chi connectivity index (χ3n) is 3.69. The molecular formula is C15H29BrO. The topological polar surface area (TPSA) is 9.23 Å². The Bertz CT molecular complexity index is 166. The molecule has 0 amide bonds. The van der Waals surface area contributed by atoms with Crippen LogP contribution in [-0.4, -0.2) is 17.5 Å². The zero-order chi connectivity index (χ0) is 12.3. The molecule has 2 heteroatoms. The van der Waals surface area contributed by atoms with Crippen LogP contribution in [0.4, 0.5) is 0 Å². The van der Waals surface area contributed by atoms with Crippen molar-refractivity contribution in [3.8, 4) is 0 Å². The summed E-state index contributed by atoms with van der Waals surface area (Å²) in [7, 11) is 0. The maximum Gasteiger partial charge on any atom is 0.0575 e. The molecule has 1 saturated heterocycles. The summed E-state index contributed by atoms with van der Waals surface area (Å²) in [5, 5.41) is 0. The molecule has 102 valence electrons. The van der Waals surface area contributed by atoms with Crippen molar-refractivity contribution < 1.29 is 4.74 Å². The molecule has 0 N–H and O–H groups in total. The quantitative estimate of drug-likeness (QED) is 0.406. The average molecular weight is 305 g/mol. The first-order chi connectivity index (χ1) is 8.33. The Morgan fingerprint density at radius 2 is 1.94 bits per heavy atom. The van der Waals surface area contributed by atoms with E-state index in [0.29, 0.717) is 6.10 Å². The Morgan fingerprint density at radius 3 is 2.65 bits per heavy atom. The first-order valence-corrected chi connectivity index (χ1v) is 8.50.